The standard InChI is InChI=1S/C22H25Cl2N3O3S/c1-4-5-6-11-31(29,30)26-22(28)16-7-10-20-21(12-16)27(15(3)25-20)14(2)18-9-8-17(23)13-19(18)24/h7-10,12-14H,4-6,11H2,1-3H3,(H,26,28). The van der Waals surface area contributed by atoms with E-state index in [1.807, 2.05) is 31.4 Å². The number of carbonyl (C=O) groups is 1. The second-order valence-corrected chi connectivity index (χ2v) is 10.2. The molecule has 1 unspecified atom stereocenters. The van der Waals surface area contributed by atoms with Crippen molar-refractivity contribution in [1.82, 2.24) is 14.3 Å². The number of aryl methyl sites for hydroxylation is 1. The van der Waals surface area contributed by atoms with E-state index in [1.54, 1.807) is 30.3 Å². The molecule has 1 N–H and O–H groups in total. The van der Waals surface area contributed by atoms with Gasteiger partial charge in [-0.2, -0.15) is 0 Å². The molecule has 9 heteroatoms. The summed E-state index contributed by atoms with van der Waals surface area (Å²) >= 11 is 12.4. The fourth-order valence-corrected chi connectivity index (χ4v) is 5.27. The second kappa shape index (κ2) is 9.59. The number of hydrogen-bond acceptors (Lipinski definition) is 4. The van der Waals surface area contributed by atoms with Gasteiger partial charge in [0.05, 0.1) is 22.8 Å². The first-order valence-electron chi connectivity index (χ1n) is 10.1. The average molecular weight is 482 g/mol. The number of amides is 1. The third kappa shape index (κ3) is 5.40. The molecule has 0 radical (unpaired) electrons. The van der Waals surface area contributed by atoms with Crippen molar-refractivity contribution in [2.75, 3.05) is 5.75 Å². The molecule has 31 heavy (non-hydrogen) atoms. The summed E-state index contributed by atoms with van der Waals surface area (Å²) in [6, 6.07) is 10.1. The Bertz CT molecular complexity index is 1220. The maximum Gasteiger partial charge on any atom is 0.264 e. The van der Waals surface area contributed by atoms with Crippen LogP contribution in [0, 0.1) is 6.92 Å². The number of aromatic nitrogens is 2. The number of unbranched alkanes of at least 4 members (excludes halogenated alkanes) is 2. The summed E-state index contributed by atoms with van der Waals surface area (Å²) < 4.78 is 28.5. The fourth-order valence-electron chi connectivity index (χ4n) is 3.62. The Morgan fingerprint density at radius 1 is 1.16 bits per heavy atom. The molecule has 1 atom stereocenters. The van der Waals surface area contributed by atoms with Crippen molar-refractivity contribution in [3.8, 4) is 0 Å². The van der Waals surface area contributed by atoms with Crippen molar-refractivity contribution in [1.29, 1.82) is 0 Å². The lowest BCUT2D eigenvalue weighted by atomic mass is 10.1. The molecule has 2 aromatic carbocycles. The van der Waals surface area contributed by atoms with Crippen LogP contribution in [0.4, 0.5) is 0 Å². The van der Waals surface area contributed by atoms with Crippen molar-refractivity contribution < 1.29 is 13.2 Å². The Labute approximate surface area is 192 Å². The predicted octanol–water partition coefficient (Wildman–Crippen LogP) is 5.51. The van der Waals surface area contributed by atoms with Crippen molar-refractivity contribution >= 4 is 50.2 Å². The molecular weight excluding hydrogens is 457 g/mol. The minimum absolute atomic E-state index is 0.0715. The maximum absolute atomic E-state index is 12.6. The monoisotopic (exact) mass is 481 g/mol. The van der Waals surface area contributed by atoms with Gasteiger partial charge in [-0.3, -0.25) is 4.79 Å². The van der Waals surface area contributed by atoms with E-state index in [9.17, 15) is 13.2 Å². The molecule has 0 spiro atoms. The van der Waals surface area contributed by atoms with Gasteiger partial charge in [0.15, 0.2) is 0 Å². The number of nitrogens with zero attached hydrogens (tertiary/aromatic N) is 2. The number of benzene rings is 2. The van der Waals surface area contributed by atoms with E-state index in [1.165, 1.54) is 0 Å². The number of halogens is 2. The van der Waals surface area contributed by atoms with Gasteiger partial charge < -0.3 is 4.57 Å². The smallest absolute Gasteiger partial charge is 0.264 e. The molecule has 6 nitrogen and oxygen atoms in total. The molecule has 1 amide bonds. The van der Waals surface area contributed by atoms with E-state index >= 15 is 0 Å². The predicted molar refractivity (Wildman–Crippen MR) is 126 cm³/mol. The minimum atomic E-state index is -3.68. The molecule has 3 rings (SSSR count). The van der Waals surface area contributed by atoms with Gasteiger partial charge in [-0.25, -0.2) is 18.1 Å². The molecular formula is C22H25Cl2N3O3S. The molecule has 166 valence electrons. The number of carbonyl (C=O) groups excluding carboxylic acids is 1. The lowest BCUT2D eigenvalue weighted by Crippen LogP contribution is -2.32. The summed E-state index contributed by atoms with van der Waals surface area (Å²) in [5, 5.41) is 1.08. The number of sulfonamides is 1. The largest absolute Gasteiger partial charge is 0.321 e. The first-order chi connectivity index (χ1) is 14.6. The van der Waals surface area contributed by atoms with Crippen LogP contribution in [-0.2, 0) is 10.0 Å². The highest BCUT2D eigenvalue weighted by Crippen LogP contribution is 2.32. The topological polar surface area (TPSA) is 81.1 Å². The first-order valence-corrected chi connectivity index (χ1v) is 12.5. The Morgan fingerprint density at radius 2 is 1.90 bits per heavy atom. The summed E-state index contributed by atoms with van der Waals surface area (Å²) in [6.07, 6.45) is 2.22. The summed E-state index contributed by atoms with van der Waals surface area (Å²) in [6.45, 7) is 5.84. The highest BCUT2D eigenvalue weighted by Gasteiger charge is 2.20. The van der Waals surface area contributed by atoms with E-state index in [2.05, 4.69) is 9.71 Å². The van der Waals surface area contributed by atoms with Crippen LogP contribution in [-0.4, -0.2) is 29.6 Å². The van der Waals surface area contributed by atoms with E-state index in [0.717, 1.165) is 24.2 Å². The maximum atomic E-state index is 12.6. The van der Waals surface area contributed by atoms with E-state index < -0.39 is 15.9 Å². The molecule has 1 heterocycles. The third-order valence-corrected chi connectivity index (χ3v) is 7.08. The number of fused-ring (bicyclic) bond motifs is 1. The second-order valence-electron chi connectivity index (χ2n) is 7.53. The number of hydrogen-bond donors (Lipinski definition) is 1. The van der Waals surface area contributed by atoms with Crippen molar-refractivity contribution in [2.24, 2.45) is 0 Å². The van der Waals surface area contributed by atoms with Gasteiger partial charge in [-0.05, 0) is 56.2 Å². The molecule has 0 aliphatic rings. The molecule has 3 aromatic rings. The van der Waals surface area contributed by atoms with Gasteiger partial charge in [0, 0.05) is 15.6 Å². The fraction of sp³-hybridized carbons (Fsp3) is 0.364. The van der Waals surface area contributed by atoms with Crippen LogP contribution in [0.1, 0.15) is 60.9 Å². The SMILES string of the molecule is CCCCCS(=O)(=O)NC(=O)c1ccc2nc(C)n(C(C)c3ccc(Cl)cc3Cl)c2c1. The quantitative estimate of drug-likeness (QED) is 0.430. The van der Waals surface area contributed by atoms with Crippen LogP contribution in [0.5, 0.6) is 0 Å². The molecule has 0 aliphatic carbocycles. The van der Waals surface area contributed by atoms with Crippen molar-refractivity contribution in [2.45, 2.75) is 46.1 Å². The minimum Gasteiger partial charge on any atom is -0.321 e. The Morgan fingerprint density at radius 3 is 2.58 bits per heavy atom. The van der Waals surface area contributed by atoms with Gasteiger partial charge >= 0.3 is 0 Å². The van der Waals surface area contributed by atoms with Gasteiger partial charge in [-0.1, -0.05) is 49.0 Å². The summed E-state index contributed by atoms with van der Waals surface area (Å²) in [7, 11) is -3.68. The number of rotatable bonds is 8. The zero-order valence-electron chi connectivity index (χ0n) is 17.7. The normalized spacial score (nSPS) is 12.8. The average Bonchev–Trinajstić information content (AvgIpc) is 3.02. The molecule has 0 saturated heterocycles. The zero-order valence-corrected chi connectivity index (χ0v) is 20.0. The summed E-state index contributed by atoms with van der Waals surface area (Å²) in [4.78, 5) is 17.2. The van der Waals surface area contributed by atoms with Crippen LogP contribution in [0.25, 0.3) is 11.0 Å². The molecule has 0 bridgehead atoms. The molecule has 0 saturated carbocycles. The number of nitrogens with one attached hydrogen (secondary N) is 1. The highest BCUT2D eigenvalue weighted by molar-refractivity contribution is 7.90. The van der Waals surface area contributed by atoms with Crippen LogP contribution >= 0.6 is 23.2 Å². The molecule has 0 aliphatic heterocycles. The Balaban J connectivity index is 1.94. The van der Waals surface area contributed by atoms with Crippen molar-refractivity contribution in [3.63, 3.8) is 0 Å². The summed E-state index contributed by atoms with van der Waals surface area (Å²) in [5.41, 5.74) is 2.53. The van der Waals surface area contributed by atoms with Gasteiger partial charge in [0.2, 0.25) is 10.0 Å². The molecule has 1 aromatic heterocycles. The van der Waals surface area contributed by atoms with E-state index in [-0.39, 0.29) is 17.4 Å². The van der Waals surface area contributed by atoms with Crippen LogP contribution < -0.4 is 4.72 Å². The van der Waals surface area contributed by atoms with E-state index in [0.29, 0.717) is 27.5 Å². The Kier molecular flexibility index (Phi) is 7.29. The summed E-state index contributed by atoms with van der Waals surface area (Å²) in [5.74, 6) is 0.0251. The van der Waals surface area contributed by atoms with Gasteiger partial charge in [-0.15, -0.1) is 0 Å². The highest BCUT2D eigenvalue weighted by atomic mass is 35.5. The number of imidazole rings is 1. The van der Waals surface area contributed by atoms with Gasteiger partial charge in [0.25, 0.3) is 5.91 Å². The van der Waals surface area contributed by atoms with Crippen LogP contribution in [0.2, 0.25) is 10.0 Å². The third-order valence-electron chi connectivity index (χ3n) is 5.19. The van der Waals surface area contributed by atoms with E-state index in [4.69, 9.17) is 23.2 Å². The lowest BCUT2D eigenvalue weighted by Gasteiger charge is -2.18. The zero-order chi connectivity index (χ0) is 22.8. The van der Waals surface area contributed by atoms with Crippen LogP contribution in [0.15, 0.2) is 36.4 Å². The molecule has 0 fully saturated rings. The van der Waals surface area contributed by atoms with Crippen LogP contribution in [0.3, 0.4) is 0 Å². The Hall–Kier alpha value is -2.09. The van der Waals surface area contributed by atoms with Crippen molar-refractivity contribution in [3.05, 3.63) is 63.4 Å². The first kappa shape index (κ1) is 23.6. The van der Waals surface area contributed by atoms with Gasteiger partial charge in [0.1, 0.15) is 5.82 Å². The lowest BCUT2D eigenvalue weighted by molar-refractivity contribution is 0.0981.